The minimum absolute atomic E-state index is 0.0520. The lowest BCUT2D eigenvalue weighted by Gasteiger charge is -2.46. The van der Waals surface area contributed by atoms with Gasteiger partial charge in [-0.1, -0.05) is 116 Å². The van der Waals surface area contributed by atoms with E-state index in [1.807, 2.05) is 119 Å². The molecule has 2 unspecified atom stereocenters. The highest BCUT2D eigenvalue weighted by atomic mass is 16.9. The first-order chi connectivity index (χ1) is 31.3. The predicted molar refractivity (Wildman–Crippen MR) is 231 cm³/mol. The van der Waals surface area contributed by atoms with Crippen molar-refractivity contribution in [2.75, 3.05) is 19.8 Å². The van der Waals surface area contributed by atoms with Gasteiger partial charge in [-0.15, -0.1) is 0 Å². The van der Waals surface area contributed by atoms with E-state index in [0.29, 0.717) is 5.56 Å². The first-order valence-corrected chi connectivity index (χ1v) is 22.0. The van der Waals surface area contributed by atoms with E-state index < -0.39 is 90.0 Å². The zero-order valence-electron chi connectivity index (χ0n) is 37.1. The van der Waals surface area contributed by atoms with Gasteiger partial charge in [0.2, 0.25) is 0 Å². The maximum absolute atomic E-state index is 13.3. The van der Waals surface area contributed by atoms with E-state index in [1.165, 1.54) is 6.07 Å². The third kappa shape index (κ3) is 11.8. The second-order valence-electron chi connectivity index (χ2n) is 17.5. The van der Waals surface area contributed by atoms with E-state index in [4.69, 9.17) is 56.8 Å². The SMILES string of the molecule is CC(COC(=O)OC[C@H]1OC(OC[C@H]2O[C@@H]3OC(C)(C)O[C@@H]3[C@H]3OC(C)(C)O[C@H]32)[C@H](OCc2ccccc2)[C@@H](OCc2ccccc2)[C@H]1OCc1ccccc1)c1ccccc1[N+](=O)[O-]. The van der Waals surface area contributed by atoms with Crippen LogP contribution in [0, 0.1) is 10.1 Å². The molecule has 4 aliphatic rings. The molecular formula is C49H57NO15. The molecule has 4 aliphatic heterocycles. The van der Waals surface area contributed by atoms with Gasteiger partial charge in [-0.25, -0.2) is 4.79 Å². The minimum atomic E-state index is -1.13. The first-order valence-electron chi connectivity index (χ1n) is 22.0. The summed E-state index contributed by atoms with van der Waals surface area (Å²) in [4.78, 5) is 24.6. The van der Waals surface area contributed by atoms with Crippen LogP contribution < -0.4 is 0 Å². The summed E-state index contributed by atoms with van der Waals surface area (Å²) >= 11 is 0. The summed E-state index contributed by atoms with van der Waals surface area (Å²) in [5, 5.41) is 11.7. The fourth-order valence-electron chi connectivity index (χ4n) is 8.58. The Morgan fingerprint density at radius 2 is 1.12 bits per heavy atom. The quantitative estimate of drug-likeness (QED) is 0.0539. The van der Waals surface area contributed by atoms with Crippen LogP contribution in [-0.2, 0) is 76.7 Å². The zero-order chi connectivity index (χ0) is 45.6. The molecule has 4 heterocycles. The van der Waals surface area contributed by atoms with Gasteiger partial charge in [-0.3, -0.25) is 10.1 Å². The van der Waals surface area contributed by atoms with Crippen molar-refractivity contribution in [1.82, 2.24) is 0 Å². The number of ether oxygens (including phenoxy) is 12. The van der Waals surface area contributed by atoms with Crippen LogP contribution in [-0.4, -0.2) is 104 Å². The van der Waals surface area contributed by atoms with Crippen LogP contribution in [0.25, 0.3) is 0 Å². The highest BCUT2D eigenvalue weighted by Gasteiger charge is 2.61. The Bertz CT molecular complexity index is 2160. The summed E-state index contributed by atoms with van der Waals surface area (Å²) in [5.74, 6) is -2.36. The minimum Gasteiger partial charge on any atom is -0.434 e. The van der Waals surface area contributed by atoms with Crippen LogP contribution >= 0.6 is 0 Å². The van der Waals surface area contributed by atoms with Gasteiger partial charge < -0.3 is 56.8 Å². The maximum Gasteiger partial charge on any atom is 0.508 e. The number of carbonyl (C=O) groups excluding carboxylic acids is 1. The molecule has 16 nitrogen and oxygen atoms in total. The van der Waals surface area contributed by atoms with Gasteiger partial charge >= 0.3 is 6.16 Å². The van der Waals surface area contributed by atoms with Gasteiger partial charge in [-0.2, -0.15) is 0 Å². The summed E-state index contributed by atoms with van der Waals surface area (Å²) in [5.41, 5.74) is 3.06. The van der Waals surface area contributed by atoms with Crippen molar-refractivity contribution in [2.24, 2.45) is 0 Å². The third-order valence-corrected chi connectivity index (χ3v) is 11.6. The number of hydrogen-bond donors (Lipinski definition) is 0. The van der Waals surface area contributed by atoms with E-state index in [2.05, 4.69) is 0 Å². The van der Waals surface area contributed by atoms with Crippen LogP contribution in [0.15, 0.2) is 115 Å². The monoisotopic (exact) mass is 899 g/mol. The molecule has 0 aliphatic carbocycles. The molecule has 8 rings (SSSR count). The second-order valence-corrected chi connectivity index (χ2v) is 17.5. The number of rotatable bonds is 18. The van der Waals surface area contributed by atoms with Gasteiger partial charge in [0.15, 0.2) is 24.2 Å². The highest BCUT2D eigenvalue weighted by molar-refractivity contribution is 5.60. The number of nitrogens with zero attached hydrogens (tertiary/aromatic N) is 1. The number of hydrogen-bond acceptors (Lipinski definition) is 15. The number of fused-ring (bicyclic) bond motifs is 3. The standard InChI is InChI=1S/C49H57NO15/c1-31(35-23-15-16-24-36(35)50(52)53)25-58-47(51)59-30-37-39(54-26-32-17-9-6-10-18-32)41(55-27-33-19-11-7-12-20-33)43(56-28-34-21-13-8-14-22-34)45(60-37)57-29-38-40-42(63-48(2,3)62-40)44-46(61-38)65-49(4,5)64-44/h6-24,31,37-46H,25-30H2,1-5H3/t31?,37-,38-,39+,40+,41+,42+,43-,44-,45?,46-/m1/s1. The van der Waals surface area contributed by atoms with Gasteiger partial charge in [0, 0.05) is 17.5 Å². The van der Waals surface area contributed by atoms with E-state index in [9.17, 15) is 14.9 Å². The molecule has 4 fully saturated rings. The number of para-hydroxylation sites is 1. The number of carbonyl (C=O) groups is 1. The first kappa shape index (κ1) is 46.7. The van der Waals surface area contributed by atoms with Crippen molar-refractivity contribution in [3.63, 3.8) is 0 Å². The lowest BCUT2D eigenvalue weighted by molar-refractivity contribution is -0.385. The summed E-state index contributed by atoms with van der Waals surface area (Å²) in [6, 6.07) is 35.4. The number of nitro groups is 1. The Labute approximate surface area is 378 Å². The molecule has 0 aromatic heterocycles. The van der Waals surface area contributed by atoms with Crippen molar-refractivity contribution < 1.29 is 66.6 Å². The van der Waals surface area contributed by atoms with Crippen LogP contribution in [0.3, 0.4) is 0 Å². The molecule has 0 N–H and O–H groups in total. The highest BCUT2D eigenvalue weighted by Crippen LogP contribution is 2.44. The maximum atomic E-state index is 13.3. The van der Waals surface area contributed by atoms with Crippen molar-refractivity contribution >= 4 is 11.8 Å². The topological polar surface area (TPSA) is 171 Å². The molecular weight excluding hydrogens is 843 g/mol. The molecule has 4 aromatic rings. The lowest BCUT2D eigenvalue weighted by Crippen LogP contribution is -2.62. The normalized spacial score (nSPS) is 29.3. The molecule has 11 atom stereocenters. The molecule has 348 valence electrons. The largest absolute Gasteiger partial charge is 0.508 e. The van der Waals surface area contributed by atoms with Gasteiger partial charge in [0.25, 0.3) is 5.69 Å². The van der Waals surface area contributed by atoms with Gasteiger partial charge in [-0.05, 0) is 44.4 Å². The summed E-state index contributed by atoms with van der Waals surface area (Å²) in [7, 11) is 0. The van der Waals surface area contributed by atoms with Crippen molar-refractivity contribution in [3.05, 3.63) is 148 Å². The molecule has 65 heavy (non-hydrogen) atoms. The molecule has 0 saturated carbocycles. The second kappa shape index (κ2) is 20.8. The van der Waals surface area contributed by atoms with Crippen LogP contribution in [0.1, 0.15) is 62.8 Å². The molecule has 0 amide bonds. The van der Waals surface area contributed by atoms with Gasteiger partial charge in [0.1, 0.15) is 62.0 Å². The smallest absolute Gasteiger partial charge is 0.434 e. The lowest BCUT2D eigenvalue weighted by atomic mass is 9.97. The molecule has 4 aromatic carbocycles. The van der Waals surface area contributed by atoms with Crippen molar-refractivity contribution in [2.45, 2.75) is 133 Å². The van der Waals surface area contributed by atoms with E-state index in [1.54, 1.807) is 25.1 Å². The average Bonchev–Trinajstić information content (AvgIpc) is 3.81. The summed E-state index contributed by atoms with van der Waals surface area (Å²) < 4.78 is 76.7. The number of benzene rings is 4. The van der Waals surface area contributed by atoms with Crippen molar-refractivity contribution in [3.8, 4) is 0 Å². The van der Waals surface area contributed by atoms with Crippen LogP contribution in [0.5, 0.6) is 0 Å². The molecule has 16 heteroatoms. The van der Waals surface area contributed by atoms with Crippen molar-refractivity contribution in [1.29, 1.82) is 0 Å². The summed E-state index contributed by atoms with van der Waals surface area (Å²) in [6.45, 7) is 9.00. The Morgan fingerprint density at radius 3 is 1.74 bits per heavy atom. The number of nitro benzene ring substituents is 1. The molecule has 0 bridgehead atoms. The van der Waals surface area contributed by atoms with Gasteiger partial charge in [0.05, 0.1) is 31.4 Å². The molecule has 0 spiro atoms. The Balaban J connectivity index is 1.07. The predicted octanol–water partition coefficient (Wildman–Crippen LogP) is 7.75. The Kier molecular flexibility index (Phi) is 14.9. The van der Waals surface area contributed by atoms with Crippen LogP contribution in [0.4, 0.5) is 10.5 Å². The van der Waals surface area contributed by atoms with E-state index in [0.717, 1.165) is 16.7 Å². The fraction of sp³-hybridized carbons (Fsp3) is 0.490. The summed E-state index contributed by atoms with van der Waals surface area (Å²) in [6.07, 6.45) is -8.84. The fourth-order valence-corrected chi connectivity index (χ4v) is 8.58. The van der Waals surface area contributed by atoms with E-state index >= 15 is 0 Å². The molecule has 4 saturated heterocycles. The zero-order valence-corrected chi connectivity index (χ0v) is 37.1. The van der Waals surface area contributed by atoms with Crippen LogP contribution in [0.2, 0.25) is 0 Å². The average molecular weight is 900 g/mol. The Morgan fingerprint density at radius 1 is 0.600 bits per heavy atom. The third-order valence-electron chi connectivity index (χ3n) is 11.6. The Hall–Kier alpha value is -4.85. The van der Waals surface area contributed by atoms with E-state index in [-0.39, 0.29) is 45.3 Å². The molecule has 0 radical (unpaired) electrons.